The molecule has 1 aliphatic carbocycles. The third-order valence-electron chi connectivity index (χ3n) is 2.94. The van der Waals surface area contributed by atoms with Crippen LogP contribution in [0.2, 0.25) is 0 Å². The van der Waals surface area contributed by atoms with Crippen molar-refractivity contribution in [2.75, 3.05) is 7.05 Å². The van der Waals surface area contributed by atoms with Crippen molar-refractivity contribution >= 4 is 5.97 Å². The van der Waals surface area contributed by atoms with E-state index < -0.39 is 5.97 Å². The Hall–Kier alpha value is -0.990. The van der Waals surface area contributed by atoms with Crippen molar-refractivity contribution in [1.82, 2.24) is 4.90 Å². The van der Waals surface area contributed by atoms with Crippen LogP contribution in [-0.4, -0.2) is 29.1 Å². The molecule has 0 aromatic carbocycles. The standard InChI is InChI=1S/C11H19NO2/c1-9-4-3-5-10(8-9)12(2)7-6-11(13)14/h6-7,9-10H,3-5,8H2,1-2H3,(H,13,14). The molecule has 80 valence electrons. The van der Waals surface area contributed by atoms with Crippen LogP contribution >= 0.6 is 0 Å². The van der Waals surface area contributed by atoms with Crippen molar-refractivity contribution in [2.24, 2.45) is 5.92 Å². The van der Waals surface area contributed by atoms with E-state index in [0.29, 0.717) is 6.04 Å². The average Bonchev–Trinajstić information content (AvgIpc) is 2.14. The lowest BCUT2D eigenvalue weighted by molar-refractivity contribution is -0.131. The Kier molecular flexibility index (Phi) is 3.98. The SMILES string of the molecule is CC1CCCC(N(C)C=CC(=O)O)C1. The van der Waals surface area contributed by atoms with Gasteiger partial charge in [-0.3, -0.25) is 0 Å². The first kappa shape index (κ1) is 11.1. The molecule has 0 amide bonds. The Morgan fingerprint density at radius 1 is 1.50 bits per heavy atom. The van der Waals surface area contributed by atoms with Crippen LogP contribution in [0.3, 0.4) is 0 Å². The molecule has 1 aliphatic rings. The molecule has 2 atom stereocenters. The maximum atomic E-state index is 10.3. The highest BCUT2D eigenvalue weighted by Crippen LogP contribution is 2.26. The van der Waals surface area contributed by atoms with Crippen molar-refractivity contribution in [3.63, 3.8) is 0 Å². The summed E-state index contributed by atoms with van der Waals surface area (Å²) in [5, 5.41) is 8.50. The predicted molar refractivity (Wildman–Crippen MR) is 56.0 cm³/mol. The zero-order chi connectivity index (χ0) is 10.6. The molecule has 0 aromatic rings. The monoisotopic (exact) mass is 197 g/mol. The maximum Gasteiger partial charge on any atom is 0.329 e. The molecule has 1 saturated carbocycles. The summed E-state index contributed by atoms with van der Waals surface area (Å²) < 4.78 is 0. The lowest BCUT2D eigenvalue weighted by Crippen LogP contribution is -2.31. The van der Waals surface area contributed by atoms with Crippen LogP contribution in [0, 0.1) is 5.92 Å². The van der Waals surface area contributed by atoms with Gasteiger partial charge in [-0.25, -0.2) is 4.79 Å². The summed E-state index contributed by atoms with van der Waals surface area (Å²) in [6.45, 7) is 2.26. The van der Waals surface area contributed by atoms with Crippen LogP contribution in [0.1, 0.15) is 32.6 Å². The second-order valence-electron chi connectivity index (χ2n) is 4.25. The number of hydrogen-bond donors (Lipinski definition) is 1. The molecule has 0 heterocycles. The molecule has 1 fully saturated rings. The first-order valence-corrected chi connectivity index (χ1v) is 5.22. The van der Waals surface area contributed by atoms with E-state index >= 15 is 0 Å². The van der Waals surface area contributed by atoms with Gasteiger partial charge in [0, 0.05) is 25.4 Å². The minimum absolute atomic E-state index is 0.523. The number of carboxylic acid groups (broad SMARTS) is 1. The fourth-order valence-electron chi connectivity index (χ4n) is 2.08. The Morgan fingerprint density at radius 3 is 2.79 bits per heavy atom. The molecule has 0 bridgehead atoms. The van der Waals surface area contributed by atoms with E-state index in [0.717, 1.165) is 5.92 Å². The summed E-state index contributed by atoms with van der Waals surface area (Å²) in [6, 6.07) is 0.523. The number of carbonyl (C=O) groups is 1. The molecule has 0 spiro atoms. The lowest BCUT2D eigenvalue weighted by atomic mass is 9.86. The molecule has 0 aliphatic heterocycles. The molecule has 3 heteroatoms. The number of aliphatic carboxylic acids is 1. The van der Waals surface area contributed by atoms with Crippen molar-refractivity contribution in [3.05, 3.63) is 12.3 Å². The Morgan fingerprint density at radius 2 is 2.21 bits per heavy atom. The van der Waals surface area contributed by atoms with Gasteiger partial charge in [-0.05, 0) is 18.8 Å². The smallest absolute Gasteiger partial charge is 0.329 e. The summed E-state index contributed by atoms with van der Waals surface area (Å²) in [7, 11) is 1.96. The zero-order valence-corrected chi connectivity index (χ0v) is 8.94. The van der Waals surface area contributed by atoms with E-state index in [2.05, 4.69) is 6.92 Å². The topological polar surface area (TPSA) is 40.5 Å². The minimum Gasteiger partial charge on any atom is -0.478 e. The second kappa shape index (κ2) is 5.03. The number of hydrogen-bond acceptors (Lipinski definition) is 2. The second-order valence-corrected chi connectivity index (χ2v) is 4.25. The fraction of sp³-hybridized carbons (Fsp3) is 0.727. The van der Waals surface area contributed by atoms with E-state index in [1.807, 2.05) is 11.9 Å². The normalized spacial score (nSPS) is 27.9. The number of nitrogens with zero attached hydrogens (tertiary/aromatic N) is 1. The molecule has 14 heavy (non-hydrogen) atoms. The van der Waals surface area contributed by atoms with Gasteiger partial charge in [0.1, 0.15) is 0 Å². The molecule has 0 aromatic heterocycles. The zero-order valence-electron chi connectivity index (χ0n) is 8.94. The molecule has 3 nitrogen and oxygen atoms in total. The molecular formula is C11H19NO2. The largest absolute Gasteiger partial charge is 0.478 e. The van der Waals surface area contributed by atoms with Crippen LogP contribution in [0.25, 0.3) is 0 Å². The van der Waals surface area contributed by atoms with Crippen LogP contribution in [0.15, 0.2) is 12.3 Å². The van der Waals surface area contributed by atoms with Crippen molar-refractivity contribution in [1.29, 1.82) is 0 Å². The minimum atomic E-state index is -0.874. The van der Waals surface area contributed by atoms with Crippen LogP contribution in [0.5, 0.6) is 0 Å². The summed E-state index contributed by atoms with van der Waals surface area (Å²) in [4.78, 5) is 12.4. The number of carboxylic acids is 1. The van der Waals surface area contributed by atoms with Gasteiger partial charge in [-0.15, -0.1) is 0 Å². The van der Waals surface area contributed by atoms with Crippen molar-refractivity contribution in [3.8, 4) is 0 Å². The number of rotatable bonds is 3. The van der Waals surface area contributed by atoms with Gasteiger partial charge in [-0.1, -0.05) is 19.8 Å². The first-order chi connectivity index (χ1) is 6.59. The van der Waals surface area contributed by atoms with E-state index in [1.165, 1.54) is 31.8 Å². The van der Waals surface area contributed by atoms with E-state index in [4.69, 9.17) is 5.11 Å². The van der Waals surface area contributed by atoms with Crippen LogP contribution < -0.4 is 0 Å². The Balaban J connectivity index is 2.43. The Labute approximate surface area is 85.4 Å². The molecule has 1 rings (SSSR count). The third-order valence-corrected chi connectivity index (χ3v) is 2.94. The predicted octanol–water partition coefficient (Wildman–Crippen LogP) is 2.10. The highest BCUT2D eigenvalue weighted by Gasteiger charge is 2.20. The van der Waals surface area contributed by atoms with Gasteiger partial charge in [-0.2, -0.15) is 0 Å². The fourth-order valence-corrected chi connectivity index (χ4v) is 2.08. The van der Waals surface area contributed by atoms with Crippen LogP contribution in [-0.2, 0) is 4.79 Å². The van der Waals surface area contributed by atoms with Gasteiger partial charge in [0.05, 0.1) is 0 Å². The average molecular weight is 197 g/mol. The van der Waals surface area contributed by atoms with Crippen molar-refractivity contribution in [2.45, 2.75) is 38.6 Å². The van der Waals surface area contributed by atoms with Gasteiger partial charge < -0.3 is 10.0 Å². The summed E-state index contributed by atoms with van der Waals surface area (Å²) in [5.74, 6) is -0.102. The highest BCUT2D eigenvalue weighted by atomic mass is 16.4. The van der Waals surface area contributed by atoms with Gasteiger partial charge in [0.25, 0.3) is 0 Å². The lowest BCUT2D eigenvalue weighted by Gasteiger charge is -2.33. The van der Waals surface area contributed by atoms with E-state index in [1.54, 1.807) is 6.20 Å². The third kappa shape index (κ3) is 3.40. The van der Waals surface area contributed by atoms with Gasteiger partial charge in [0.2, 0.25) is 0 Å². The quantitative estimate of drug-likeness (QED) is 0.704. The summed E-state index contributed by atoms with van der Waals surface area (Å²) in [6.07, 6.45) is 7.82. The highest BCUT2D eigenvalue weighted by molar-refractivity contribution is 5.79. The summed E-state index contributed by atoms with van der Waals surface area (Å²) in [5.41, 5.74) is 0. The Bertz CT molecular complexity index is 225. The van der Waals surface area contributed by atoms with Crippen molar-refractivity contribution < 1.29 is 9.90 Å². The van der Waals surface area contributed by atoms with Gasteiger partial charge >= 0.3 is 5.97 Å². The summed E-state index contributed by atoms with van der Waals surface area (Å²) >= 11 is 0. The van der Waals surface area contributed by atoms with Crippen LogP contribution in [0.4, 0.5) is 0 Å². The van der Waals surface area contributed by atoms with Gasteiger partial charge in [0.15, 0.2) is 0 Å². The molecule has 1 N–H and O–H groups in total. The maximum absolute atomic E-state index is 10.3. The molecule has 2 unspecified atom stereocenters. The van der Waals surface area contributed by atoms with E-state index in [9.17, 15) is 4.79 Å². The van der Waals surface area contributed by atoms with E-state index in [-0.39, 0.29) is 0 Å². The molecule has 0 radical (unpaired) electrons. The molecular weight excluding hydrogens is 178 g/mol. The first-order valence-electron chi connectivity index (χ1n) is 5.22. The molecule has 0 saturated heterocycles.